The molecule has 2 N–H and O–H groups in total. The van der Waals surface area contributed by atoms with Gasteiger partial charge < -0.3 is 14.7 Å². The molecular formula is C18H22N8O2. The summed E-state index contributed by atoms with van der Waals surface area (Å²) in [6, 6.07) is 9.55. The molecule has 0 saturated carbocycles. The third-order valence-corrected chi connectivity index (χ3v) is 4.61. The van der Waals surface area contributed by atoms with Gasteiger partial charge in [-0.15, -0.1) is 0 Å². The van der Waals surface area contributed by atoms with Crippen LogP contribution in [0.1, 0.15) is 11.6 Å². The number of rotatable bonds is 6. The molecule has 3 heterocycles. The molecule has 0 unspecified atom stereocenters. The number of nitrogens with zero attached hydrogens (tertiary/aromatic N) is 6. The van der Waals surface area contributed by atoms with Crippen LogP contribution in [0.5, 0.6) is 0 Å². The zero-order chi connectivity index (χ0) is 19.2. The van der Waals surface area contributed by atoms with Crippen molar-refractivity contribution in [2.24, 2.45) is 0 Å². The number of urea groups is 1. The minimum atomic E-state index is -0.0638. The zero-order valence-electron chi connectivity index (χ0n) is 15.4. The summed E-state index contributed by atoms with van der Waals surface area (Å²) in [5.41, 5.74) is 0.883. The lowest BCUT2D eigenvalue weighted by atomic mass is 10.2. The van der Waals surface area contributed by atoms with Crippen molar-refractivity contribution in [3.05, 3.63) is 48.3 Å². The van der Waals surface area contributed by atoms with Gasteiger partial charge in [-0.25, -0.2) is 9.78 Å². The number of aromatic amines is 1. The maximum Gasteiger partial charge on any atom is 0.317 e. The molecule has 10 heteroatoms. The van der Waals surface area contributed by atoms with Gasteiger partial charge in [-0.05, 0) is 12.1 Å². The summed E-state index contributed by atoms with van der Waals surface area (Å²) in [4.78, 5) is 24.9. The Hall–Kier alpha value is -3.27. The van der Waals surface area contributed by atoms with E-state index in [0.717, 1.165) is 31.0 Å². The Bertz CT molecular complexity index is 872. The number of benzene rings is 1. The van der Waals surface area contributed by atoms with Gasteiger partial charge in [0.2, 0.25) is 0 Å². The lowest BCUT2D eigenvalue weighted by molar-refractivity contribution is 0.133. The van der Waals surface area contributed by atoms with E-state index in [1.165, 1.54) is 6.33 Å². The molecule has 10 nitrogen and oxygen atoms in total. The number of aromatic nitrogens is 5. The van der Waals surface area contributed by atoms with Gasteiger partial charge in [-0.1, -0.05) is 23.4 Å². The van der Waals surface area contributed by atoms with Crippen molar-refractivity contribution < 1.29 is 9.32 Å². The molecule has 1 aliphatic rings. The van der Waals surface area contributed by atoms with E-state index in [-0.39, 0.29) is 6.03 Å². The first-order valence-electron chi connectivity index (χ1n) is 9.25. The van der Waals surface area contributed by atoms with E-state index in [9.17, 15) is 4.79 Å². The molecule has 146 valence electrons. The smallest absolute Gasteiger partial charge is 0.317 e. The topological polar surface area (TPSA) is 116 Å². The summed E-state index contributed by atoms with van der Waals surface area (Å²) >= 11 is 0. The first kappa shape index (κ1) is 18.1. The van der Waals surface area contributed by atoms with Crippen LogP contribution in [-0.4, -0.2) is 73.9 Å². The van der Waals surface area contributed by atoms with E-state index in [4.69, 9.17) is 4.52 Å². The van der Waals surface area contributed by atoms with Crippen LogP contribution in [-0.2, 0) is 13.0 Å². The second-order valence-corrected chi connectivity index (χ2v) is 6.56. The third-order valence-electron chi connectivity index (χ3n) is 4.61. The third kappa shape index (κ3) is 4.52. The lowest BCUT2D eigenvalue weighted by Crippen LogP contribution is -2.51. The average molecular weight is 382 g/mol. The van der Waals surface area contributed by atoms with Gasteiger partial charge in [0.1, 0.15) is 12.2 Å². The number of carbonyl (C=O) groups is 1. The van der Waals surface area contributed by atoms with Crippen molar-refractivity contribution in [1.29, 1.82) is 0 Å². The van der Waals surface area contributed by atoms with Gasteiger partial charge >= 0.3 is 6.03 Å². The number of nitrogens with one attached hydrogen (secondary N) is 2. The van der Waals surface area contributed by atoms with E-state index in [1.807, 2.05) is 35.2 Å². The number of H-pyrrole nitrogens is 1. The Morgan fingerprint density at radius 3 is 2.75 bits per heavy atom. The summed E-state index contributed by atoms with van der Waals surface area (Å²) in [5.74, 6) is 1.91. The molecule has 1 aromatic carbocycles. The van der Waals surface area contributed by atoms with Gasteiger partial charge in [-0.3, -0.25) is 10.00 Å². The summed E-state index contributed by atoms with van der Waals surface area (Å²) < 4.78 is 5.28. The molecule has 2 aromatic heterocycles. The van der Waals surface area contributed by atoms with E-state index >= 15 is 0 Å². The van der Waals surface area contributed by atoms with Crippen molar-refractivity contribution in [2.75, 3.05) is 32.7 Å². The predicted molar refractivity (Wildman–Crippen MR) is 100 cm³/mol. The number of hydrogen-bond acceptors (Lipinski definition) is 7. The lowest BCUT2D eigenvalue weighted by Gasteiger charge is -2.34. The van der Waals surface area contributed by atoms with Crippen molar-refractivity contribution >= 4 is 6.03 Å². The van der Waals surface area contributed by atoms with Crippen molar-refractivity contribution in [1.82, 2.24) is 40.4 Å². The SMILES string of the molecule is O=C(NCCc1noc(-c2ccccc2)n1)N1CCN(Cc2ncn[nH]2)CC1. The Morgan fingerprint density at radius 2 is 2.00 bits per heavy atom. The van der Waals surface area contributed by atoms with Gasteiger partial charge in [0, 0.05) is 44.7 Å². The highest BCUT2D eigenvalue weighted by Gasteiger charge is 2.21. The summed E-state index contributed by atoms with van der Waals surface area (Å²) in [6.45, 7) is 4.15. The predicted octanol–water partition coefficient (Wildman–Crippen LogP) is 0.925. The molecule has 0 atom stereocenters. The van der Waals surface area contributed by atoms with Crippen LogP contribution in [0.25, 0.3) is 11.5 Å². The second kappa shape index (κ2) is 8.61. The molecule has 0 aliphatic carbocycles. The molecule has 28 heavy (non-hydrogen) atoms. The quantitative estimate of drug-likeness (QED) is 0.651. The highest BCUT2D eigenvalue weighted by atomic mass is 16.5. The molecule has 1 aliphatic heterocycles. The van der Waals surface area contributed by atoms with Crippen LogP contribution < -0.4 is 5.32 Å². The van der Waals surface area contributed by atoms with Gasteiger partial charge in [0.25, 0.3) is 5.89 Å². The molecule has 0 bridgehead atoms. The second-order valence-electron chi connectivity index (χ2n) is 6.56. The zero-order valence-corrected chi connectivity index (χ0v) is 15.4. The summed E-state index contributed by atoms with van der Waals surface area (Å²) in [6.07, 6.45) is 2.03. The fourth-order valence-electron chi connectivity index (χ4n) is 3.07. The fraction of sp³-hybridized carbons (Fsp3) is 0.389. The van der Waals surface area contributed by atoms with Gasteiger partial charge in [-0.2, -0.15) is 10.1 Å². The van der Waals surface area contributed by atoms with Crippen LogP contribution in [0.4, 0.5) is 4.79 Å². The molecule has 4 rings (SSSR count). The van der Waals surface area contributed by atoms with E-state index in [1.54, 1.807) is 0 Å². The van der Waals surface area contributed by atoms with Crippen LogP contribution in [0.2, 0.25) is 0 Å². The van der Waals surface area contributed by atoms with Gasteiger partial charge in [0.15, 0.2) is 5.82 Å². The molecule has 1 fully saturated rings. The number of piperazine rings is 1. The number of hydrogen-bond donors (Lipinski definition) is 2. The largest absolute Gasteiger partial charge is 0.338 e. The van der Waals surface area contributed by atoms with Crippen LogP contribution in [0.15, 0.2) is 41.2 Å². The average Bonchev–Trinajstić information content (AvgIpc) is 3.41. The van der Waals surface area contributed by atoms with Crippen LogP contribution >= 0.6 is 0 Å². The summed E-state index contributed by atoms with van der Waals surface area (Å²) in [7, 11) is 0. The molecule has 0 spiro atoms. The molecular weight excluding hydrogens is 360 g/mol. The van der Waals surface area contributed by atoms with E-state index in [2.05, 4.69) is 35.5 Å². The molecule has 0 radical (unpaired) electrons. The first-order valence-corrected chi connectivity index (χ1v) is 9.25. The van der Waals surface area contributed by atoms with E-state index in [0.29, 0.717) is 37.8 Å². The highest BCUT2D eigenvalue weighted by Crippen LogP contribution is 2.16. The number of carbonyl (C=O) groups excluding carboxylic acids is 1. The van der Waals surface area contributed by atoms with Crippen molar-refractivity contribution in [3.63, 3.8) is 0 Å². The first-order chi connectivity index (χ1) is 13.8. The van der Waals surface area contributed by atoms with Crippen molar-refractivity contribution in [3.8, 4) is 11.5 Å². The normalized spacial score (nSPS) is 14.9. The minimum Gasteiger partial charge on any atom is -0.338 e. The molecule has 3 aromatic rings. The Balaban J connectivity index is 1.19. The van der Waals surface area contributed by atoms with Crippen molar-refractivity contribution in [2.45, 2.75) is 13.0 Å². The van der Waals surface area contributed by atoms with Gasteiger partial charge in [0.05, 0.1) is 6.54 Å². The van der Waals surface area contributed by atoms with E-state index < -0.39 is 0 Å². The van der Waals surface area contributed by atoms with Crippen LogP contribution in [0, 0.1) is 0 Å². The Kier molecular flexibility index (Phi) is 5.57. The maximum atomic E-state index is 12.3. The minimum absolute atomic E-state index is 0.0638. The molecule has 1 saturated heterocycles. The number of amides is 2. The standard InChI is InChI=1S/C18H22N8O2/c27-18(26-10-8-25(9-11-26)12-16-20-13-21-23-16)19-7-6-15-22-17(28-24-15)14-4-2-1-3-5-14/h1-5,13H,6-12H2,(H,19,27)(H,20,21,23). The van der Waals surface area contributed by atoms with Crippen LogP contribution in [0.3, 0.4) is 0 Å². The molecule has 2 amide bonds. The fourth-order valence-corrected chi connectivity index (χ4v) is 3.07. The summed E-state index contributed by atoms with van der Waals surface area (Å²) in [5, 5.41) is 13.6. The Morgan fingerprint density at radius 1 is 1.18 bits per heavy atom. The Labute approximate surface area is 161 Å². The highest BCUT2D eigenvalue weighted by molar-refractivity contribution is 5.74. The monoisotopic (exact) mass is 382 g/mol. The maximum absolute atomic E-state index is 12.3.